The fourth-order valence-electron chi connectivity index (χ4n) is 1.54. The number of nitriles is 1. The zero-order valence-electron chi connectivity index (χ0n) is 11.2. The van der Waals surface area contributed by atoms with Crippen molar-refractivity contribution in [3.05, 3.63) is 23.8 Å². The Kier molecular flexibility index (Phi) is 6.06. The smallest absolute Gasteiger partial charge is 0.171 e. The molecule has 0 radical (unpaired) electrons. The van der Waals surface area contributed by atoms with Crippen molar-refractivity contribution in [2.24, 2.45) is 0 Å². The minimum Gasteiger partial charge on any atom is -0.495 e. The zero-order chi connectivity index (χ0) is 14.3. The Balaban J connectivity index is 2.71. The fourth-order valence-corrected chi connectivity index (χ4v) is 1.85. The molecule has 2 N–H and O–H groups in total. The standard InChI is InChI=1S/C13H17N3O2S/c1-9(8-17-2)15-13(19)16-11-5-4-10(7-14)6-12(11)18-3/h4-6,9H,8H2,1-3H3,(H2,15,16,19). The van der Waals surface area contributed by atoms with Crippen LogP contribution in [0.15, 0.2) is 18.2 Å². The van der Waals surface area contributed by atoms with Gasteiger partial charge in [-0.2, -0.15) is 5.26 Å². The molecule has 1 aromatic carbocycles. The van der Waals surface area contributed by atoms with E-state index in [1.807, 2.05) is 6.92 Å². The molecule has 0 bridgehead atoms. The van der Waals surface area contributed by atoms with Crippen LogP contribution in [0.1, 0.15) is 12.5 Å². The van der Waals surface area contributed by atoms with Crippen LogP contribution in [0.2, 0.25) is 0 Å². The van der Waals surface area contributed by atoms with Crippen molar-refractivity contribution in [1.29, 1.82) is 5.26 Å². The van der Waals surface area contributed by atoms with Gasteiger partial charge in [0.05, 0.1) is 31.0 Å². The lowest BCUT2D eigenvalue weighted by atomic mass is 10.2. The van der Waals surface area contributed by atoms with Gasteiger partial charge in [0.2, 0.25) is 0 Å². The van der Waals surface area contributed by atoms with Gasteiger partial charge in [-0.1, -0.05) is 0 Å². The summed E-state index contributed by atoms with van der Waals surface area (Å²) in [6.45, 7) is 2.53. The number of benzene rings is 1. The first-order valence-corrected chi connectivity index (χ1v) is 6.16. The number of hydrogen-bond donors (Lipinski definition) is 2. The molecule has 1 aromatic rings. The van der Waals surface area contributed by atoms with E-state index in [1.54, 1.807) is 32.4 Å². The van der Waals surface area contributed by atoms with Gasteiger partial charge in [0.15, 0.2) is 5.11 Å². The van der Waals surface area contributed by atoms with Crippen molar-refractivity contribution in [2.75, 3.05) is 26.1 Å². The van der Waals surface area contributed by atoms with Crippen molar-refractivity contribution in [3.63, 3.8) is 0 Å². The van der Waals surface area contributed by atoms with Crippen molar-refractivity contribution in [1.82, 2.24) is 5.32 Å². The summed E-state index contributed by atoms with van der Waals surface area (Å²) >= 11 is 5.20. The Hall–Kier alpha value is -1.84. The first-order valence-electron chi connectivity index (χ1n) is 5.75. The highest BCUT2D eigenvalue weighted by Crippen LogP contribution is 2.25. The van der Waals surface area contributed by atoms with E-state index in [0.29, 0.717) is 28.7 Å². The fraction of sp³-hybridized carbons (Fsp3) is 0.385. The number of nitrogens with zero attached hydrogens (tertiary/aromatic N) is 1. The number of hydrogen-bond acceptors (Lipinski definition) is 4. The molecule has 102 valence electrons. The predicted molar refractivity (Wildman–Crippen MR) is 78.4 cm³/mol. The third kappa shape index (κ3) is 4.73. The van der Waals surface area contributed by atoms with Crippen LogP contribution < -0.4 is 15.4 Å². The second kappa shape index (κ2) is 7.56. The molecule has 0 fully saturated rings. The molecule has 1 unspecified atom stereocenters. The van der Waals surface area contributed by atoms with Crippen LogP contribution in [0.25, 0.3) is 0 Å². The summed E-state index contributed by atoms with van der Waals surface area (Å²) in [7, 11) is 3.18. The molecule has 0 amide bonds. The Labute approximate surface area is 118 Å². The van der Waals surface area contributed by atoms with Gasteiger partial charge < -0.3 is 20.1 Å². The van der Waals surface area contributed by atoms with Crippen LogP contribution in [0.4, 0.5) is 5.69 Å². The largest absolute Gasteiger partial charge is 0.495 e. The topological polar surface area (TPSA) is 66.3 Å². The lowest BCUT2D eigenvalue weighted by Gasteiger charge is -2.17. The average molecular weight is 279 g/mol. The van der Waals surface area contributed by atoms with Gasteiger partial charge in [-0.25, -0.2) is 0 Å². The molecule has 0 aliphatic heterocycles. The summed E-state index contributed by atoms with van der Waals surface area (Å²) in [5.41, 5.74) is 1.25. The summed E-state index contributed by atoms with van der Waals surface area (Å²) in [5, 5.41) is 15.4. The van der Waals surface area contributed by atoms with E-state index >= 15 is 0 Å². The van der Waals surface area contributed by atoms with Crippen molar-refractivity contribution in [2.45, 2.75) is 13.0 Å². The molecule has 19 heavy (non-hydrogen) atoms. The normalized spacial score (nSPS) is 11.3. The number of rotatable bonds is 5. The molecule has 0 spiro atoms. The van der Waals surface area contributed by atoms with Crippen molar-refractivity contribution >= 4 is 23.0 Å². The highest BCUT2D eigenvalue weighted by atomic mass is 32.1. The van der Waals surface area contributed by atoms with Gasteiger partial charge in [-0.05, 0) is 31.3 Å². The van der Waals surface area contributed by atoms with E-state index in [1.165, 1.54) is 0 Å². The van der Waals surface area contributed by atoms with E-state index in [0.717, 1.165) is 0 Å². The van der Waals surface area contributed by atoms with Crippen LogP contribution in [0.3, 0.4) is 0 Å². The molecular formula is C13H17N3O2S. The summed E-state index contributed by atoms with van der Waals surface area (Å²) in [6, 6.07) is 7.28. The molecule has 1 atom stereocenters. The Morgan fingerprint density at radius 2 is 2.21 bits per heavy atom. The summed E-state index contributed by atoms with van der Waals surface area (Å²) in [5.74, 6) is 0.572. The molecule has 0 aliphatic rings. The highest BCUT2D eigenvalue weighted by molar-refractivity contribution is 7.80. The maximum absolute atomic E-state index is 8.83. The van der Waals surface area contributed by atoms with Gasteiger partial charge in [0, 0.05) is 19.2 Å². The number of methoxy groups -OCH3 is 2. The number of thiocarbonyl (C=S) groups is 1. The SMILES string of the molecule is COCC(C)NC(=S)Nc1ccc(C#N)cc1OC. The van der Waals surface area contributed by atoms with Crippen LogP contribution >= 0.6 is 12.2 Å². The lowest BCUT2D eigenvalue weighted by molar-refractivity contribution is 0.179. The van der Waals surface area contributed by atoms with E-state index in [-0.39, 0.29) is 6.04 Å². The maximum Gasteiger partial charge on any atom is 0.171 e. The van der Waals surface area contributed by atoms with Gasteiger partial charge in [-0.3, -0.25) is 0 Å². The van der Waals surface area contributed by atoms with Crippen LogP contribution in [0.5, 0.6) is 5.75 Å². The molecule has 5 nitrogen and oxygen atoms in total. The quantitative estimate of drug-likeness (QED) is 0.802. The van der Waals surface area contributed by atoms with Gasteiger partial charge in [0.1, 0.15) is 5.75 Å². The summed E-state index contributed by atoms with van der Waals surface area (Å²) in [4.78, 5) is 0. The molecule has 0 saturated carbocycles. The number of nitrogens with one attached hydrogen (secondary N) is 2. The van der Waals surface area contributed by atoms with E-state index < -0.39 is 0 Å². The minimum atomic E-state index is 0.106. The zero-order valence-corrected chi connectivity index (χ0v) is 12.0. The number of ether oxygens (including phenoxy) is 2. The van der Waals surface area contributed by atoms with Crippen LogP contribution in [-0.2, 0) is 4.74 Å². The molecule has 0 saturated heterocycles. The van der Waals surface area contributed by atoms with E-state index in [4.69, 9.17) is 27.0 Å². The van der Waals surface area contributed by atoms with Crippen LogP contribution in [0, 0.1) is 11.3 Å². The predicted octanol–water partition coefficient (Wildman–Crippen LogP) is 1.89. The second-order valence-electron chi connectivity index (χ2n) is 3.98. The van der Waals surface area contributed by atoms with E-state index in [2.05, 4.69) is 16.7 Å². The van der Waals surface area contributed by atoms with Gasteiger partial charge >= 0.3 is 0 Å². The Bertz CT molecular complexity index is 485. The highest BCUT2D eigenvalue weighted by Gasteiger charge is 2.08. The molecular weight excluding hydrogens is 262 g/mol. The lowest BCUT2D eigenvalue weighted by Crippen LogP contribution is -2.38. The Morgan fingerprint density at radius 3 is 2.79 bits per heavy atom. The maximum atomic E-state index is 8.83. The summed E-state index contributed by atoms with van der Waals surface area (Å²) < 4.78 is 10.2. The van der Waals surface area contributed by atoms with Gasteiger partial charge in [0.25, 0.3) is 0 Å². The molecule has 1 rings (SSSR count). The third-order valence-electron chi connectivity index (χ3n) is 2.37. The summed E-state index contributed by atoms with van der Waals surface area (Å²) in [6.07, 6.45) is 0. The monoisotopic (exact) mass is 279 g/mol. The van der Waals surface area contributed by atoms with Crippen molar-refractivity contribution < 1.29 is 9.47 Å². The molecule has 0 heterocycles. The second-order valence-corrected chi connectivity index (χ2v) is 4.39. The van der Waals surface area contributed by atoms with Gasteiger partial charge in [-0.15, -0.1) is 0 Å². The van der Waals surface area contributed by atoms with Crippen LogP contribution in [-0.4, -0.2) is 32.0 Å². The molecule has 0 aromatic heterocycles. The molecule has 6 heteroatoms. The number of anilines is 1. The minimum absolute atomic E-state index is 0.106. The first-order chi connectivity index (χ1) is 9.10. The molecule has 0 aliphatic carbocycles. The third-order valence-corrected chi connectivity index (χ3v) is 2.59. The van der Waals surface area contributed by atoms with Crippen molar-refractivity contribution in [3.8, 4) is 11.8 Å². The Morgan fingerprint density at radius 1 is 1.47 bits per heavy atom. The first kappa shape index (κ1) is 15.2. The average Bonchev–Trinajstić information content (AvgIpc) is 2.39. The van der Waals surface area contributed by atoms with E-state index in [9.17, 15) is 0 Å².